The topological polar surface area (TPSA) is 75.6 Å². The third-order valence-electron chi connectivity index (χ3n) is 3.51. The molecule has 6 nitrogen and oxygen atoms in total. The molecule has 0 aliphatic heterocycles. The Morgan fingerprint density at radius 3 is 2.83 bits per heavy atom. The lowest BCUT2D eigenvalue weighted by Crippen LogP contribution is -2.14. The molecule has 0 atom stereocenters. The van der Waals surface area contributed by atoms with Crippen LogP contribution >= 0.6 is 23.2 Å². The summed E-state index contributed by atoms with van der Waals surface area (Å²) in [5, 5.41) is 8.95. The van der Waals surface area contributed by atoms with Gasteiger partial charge in [0.15, 0.2) is 5.65 Å². The Hall–Kier alpha value is -2.05. The van der Waals surface area contributed by atoms with Crippen LogP contribution in [0.25, 0.3) is 11.0 Å². The second kappa shape index (κ2) is 6.83. The summed E-state index contributed by atoms with van der Waals surface area (Å²) in [5.41, 5.74) is 1.20. The highest BCUT2D eigenvalue weighted by molar-refractivity contribution is 6.35. The quantitative estimate of drug-likeness (QED) is 0.722. The van der Waals surface area contributed by atoms with E-state index in [4.69, 9.17) is 23.2 Å². The fourth-order valence-corrected chi connectivity index (χ4v) is 2.85. The van der Waals surface area contributed by atoms with Gasteiger partial charge in [-0.2, -0.15) is 10.1 Å². The molecule has 0 aliphatic carbocycles. The van der Waals surface area contributed by atoms with Gasteiger partial charge < -0.3 is 5.32 Å². The molecule has 8 heteroatoms. The number of nitrogens with one attached hydrogen (secondary N) is 2. The molecule has 0 spiro atoms. The van der Waals surface area contributed by atoms with Crippen molar-refractivity contribution in [3.05, 3.63) is 50.4 Å². The van der Waals surface area contributed by atoms with Gasteiger partial charge in [-0.3, -0.25) is 9.78 Å². The van der Waals surface area contributed by atoms with Crippen LogP contribution < -0.4 is 10.9 Å². The summed E-state index contributed by atoms with van der Waals surface area (Å²) in [7, 11) is 0. The molecule has 0 radical (unpaired) electrons. The number of rotatable bonds is 5. The first-order valence-electron chi connectivity index (χ1n) is 7.57. The van der Waals surface area contributed by atoms with Crippen LogP contribution in [0.1, 0.15) is 19.4 Å². The molecule has 0 fully saturated rings. The third-order valence-corrected chi connectivity index (χ3v) is 4.09. The highest BCUT2D eigenvalue weighted by Gasteiger charge is 2.11. The van der Waals surface area contributed by atoms with Crippen LogP contribution in [0.3, 0.4) is 0 Å². The van der Waals surface area contributed by atoms with Gasteiger partial charge in [-0.1, -0.05) is 43.1 Å². The van der Waals surface area contributed by atoms with Gasteiger partial charge >= 0.3 is 0 Å². The molecule has 0 bridgehead atoms. The molecule has 2 heterocycles. The number of aromatic nitrogens is 4. The van der Waals surface area contributed by atoms with Crippen molar-refractivity contribution in [2.24, 2.45) is 5.92 Å². The minimum Gasteiger partial charge on any atom is -0.352 e. The number of benzene rings is 1. The van der Waals surface area contributed by atoms with E-state index in [1.165, 1.54) is 0 Å². The van der Waals surface area contributed by atoms with Gasteiger partial charge in [0.05, 0.1) is 6.20 Å². The molecule has 0 saturated carbocycles. The van der Waals surface area contributed by atoms with Gasteiger partial charge in [0.25, 0.3) is 5.56 Å². The minimum absolute atomic E-state index is 0.222. The van der Waals surface area contributed by atoms with E-state index in [0.717, 1.165) is 5.56 Å². The number of nitrogens with zero attached hydrogens (tertiary/aromatic N) is 3. The highest BCUT2D eigenvalue weighted by Crippen LogP contribution is 2.21. The molecular formula is C16H17Cl2N5O. The van der Waals surface area contributed by atoms with Crippen LogP contribution in [0.15, 0.2) is 29.2 Å². The molecule has 0 aliphatic rings. The second-order valence-electron chi connectivity index (χ2n) is 5.96. The molecule has 0 unspecified atom stereocenters. The fraction of sp³-hybridized carbons (Fsp3) is 0.312. The Balaban J connectivity index is 1.88. The number of H-pyrrole nitrogens is 1. The molecule has 24 heavy (non-hydrogen) atoms. The second-order valence-corrected chi connectivity index (χ2v) is 6.81. The zero-order valence-corrected chi connectivity index (χ0v) is 14.8. The van der Waals surface area contributed by atoms with Gasteiger partial charge in [-0.05, 0) is 23.6 Å². The molecule has 2 N–H and O–H groups in total. The zero-order chi connectivity index (χ0) is 17.3. The van der Waals surface area contributed by atoms with Crippen molar-refractivity contribution >= 4 is 40.2 Å². The normalized spacial score (nSPS) is 11.4. The van der Waals surface area contributed by atoms with Crippen LogP contribution in [0.4, 0.5) is 5.95 Å². The number of fused-ring (bicyclic) bond motifs is 1. The number of hydrogen-bond donors (Lipinski definition) is 2. The summed E-state index contributed by atoms with van der Waals surface area (Å²) < 4.78 is 1.75. The van der Waals surface area contributed by atoms with E-state index in [0.29, 0.717) is 46.0 Å². The van der Waals surface area contributed by atoms with Crippen LogP contribution in [0, 0.1) is 5.92 Å². The first-order chi connectivity index (χ1) is 11.4. The van der Waals surface area contributed by atoms with Gasteiger partial charge in [-0.15, -0.1) is 0 Å². The van der Waals surface area contributed by atoms with E-state index in [1.807, 2.05) is 6.07 Å². The van der Waals surface area contributed by atoms with Crippen LogP contribution in [-0.4, -0.2) is 19.7 Å². The maximum Gasteiger partial charge on any atom is 0.263 e. The van der Waals surface area contributed by atoms with Crippen LogP contribution in [0.2, 0.25) is 10.0 Å². The molecule has 0 amide bonds. The number of aromatic amines is 1. The van der Waals surface area contributed by atoms with Gasteiger partial charge in [0.2, 0.25) is 5.95 Å². The highest BCUT2D eigenvalue weighted by atomic mass is 35.5. The molecule has 3 aromatic rings. The Morgan fingerprint density at radius 1 is 1.33 bits per heavy atom. The monoisotopic (exact) mass is 365 g/mol. The Morgan fingerprint density at radius 2 is 2.12 bits per heavy atom. The van der Waals surface area contributed by atoms with Crippen LogP contribution in [-0.2, 0) is 13.1 Å². The summed E-state index contributed by atoms with van der Waals surface area (Å²) in [6, 6.07) is 5.27. The fourth-order valence-electron chi connectivity index (χ4n) is 2.37. The van der Waals surface area contributed by atoms with E-state index in [-0.39, 0.29) is 5.56 Å². The van der Waals surface area contributed by atoms with E-state index < -0.39 is 0 Å². The lowest BCUT2D eigenvalue weighted by molar-refractivity contribution is 0.492. The lowest BCUT2D eigenvalue weighted by atomic mass is 10.2. The molecule has 0 saturated heterocycles. The van der Waals surface area contributed by atoms with Crippen molar-refractivity contribution in [2.45, 2.75) is 26.9 Å². The summed E-state index contributed by atoms with van der Waals surface area (Å²) in [4.78, 5) is 19.4. The number of halogens is 2. The van der Waals surface area contributed by atoms with E-state index >= 15 is 0 Å². The minimum atomic E-state index is -0.222. The zero-order valence-electron chi connectivity index (χ0n) is 13.3. The third kappa shape index (κ3) is 3.55. The van der Waals surface area contributed by atoms with Crippen molar-refractivity contribution in [1.82, 2.24) is 19.7 Å². The first-order valence-corrected chi connectivity index (χ1v) is 8.33. The van der Waals surface area contributed by atoms with Gasteiger partial charge in [-0.25, -0.2) is 4.68 Å². The lowest BCUT2D eigenvalue weighted by Gasteiger charge is -2.09. The van der Waals surface area contributed by atoms with Gasteiger partial charge in [0.1, 0.15) is 5.39 Å². The number of hydrogen-bond acceptors (Lipinski definition) is 4. The average Bonchev–Trinajstić information content (AvgIpc) is 2.89. The van der Waals surface area contributed by atoms with Gasteiger partial charge in [0, 0.05) is 23.1 Å². The molecule has 1 aromatic carbocycles. The van der Waals surface area contributed by atoms with Crippen molar-refractivity contribution in [1.29, 1.82) is 0 Å². The molecule has 3 rings (SSSR count). The Kier molecular flexibility index (Phi) is 4.78. The predicted octanol–water partition coefficient (Wildman–Crippen LogP) is 3.69. The van der Waals surface area contributed by atoms with Crippen molar-refractivity contribution in [2.75, 3.05) is 5.32 Å². The SMILES string of the molecule is CC(C)Cn1ncc2c(=O)[nH]c(NCc3ccc(Cl)cc3Cl)nc21. The van der Waals surface area contributed by atoms with Crippen molar-refractivity contribution in [3.8, 4) is 0 Å². The Labute approximate surface area is 148 Å². The maximum atomic E-state index is 12.2. The average molecular weight is 366 g/mol. The summed E-state index contributed by atoms with van der Waals surface area (Å²) in [6.45, 7) is 5.29. The summed E-state index contributed by atoms with van der Waals surface area (Å²) in [6.07, 6.45) is 1.55. The molecular weight excluding hydrogens is 349 g/mol. The predicted molar refractivity (Wildman–Crippen MR) is 96.8 cm³/mol. The van der Waals surface area contributed by atoms with E-state index in [1.54, 1.807) is 23.0 Å². The van der Waals surface area contributed by atoms with E-state index in [2.05, 4.69) is 34.2 Å². The molecule has 126 valence electrons. The Bertz CT molecular complexity index is 932. The largest absolute Gasteiger partial charge is 0.352 e. The van der Waals surface area contributed by atoms with E-state index in [9.17, 15) is 4.79 Å². The number of anilines is 1. The molecule has 2 aromatic heterocycles. The standard InChI is InChI=1S/C16H17Cl2N5O/c1-9(2)8-23-14-12(7-20-23)15(24)22-16(21-14)19-6-10-3-4-11(17)5-13(10)18/h3-5,7,9H,6,8H2,1-2H3,(H2,19,21,22,24). The summed E-state index contributed by atoms with van der Waals surface area (Å²) in [5.74, 6) is 0.780. The smallest absolute Gasteiger partial charge is 0.263 e. The first kappa shape index (κ1) is 16.8. The van der Waals surface area contributed by atoms with Crippen molar-refractivity contribution < 1.29 is 0 Å². The maximum absolute atomic E-state index is 12.2. The van der Waals surface area contributed by atoms with Crippen LogP contribution in [0.5, 0.6) is 0 Å². The summed E-state index contributed by atoms with van der Waals surface area (Å²) >= 11 is 12.0. The van der Waals surface area contributed by atoms with Crippen molar-refractivity contribution in [3.63, 3.8) is 0 Å².